The summed E-state index contributed by atoms with van der Waals surface area (Å²) in [5, 5.41) is 6.23. The summed E-state index contributed by atoms with van der Waals surface area (Å²) in [6, 6.07) is 1.90. The van der Waals surface area contributed by atoms with Gasteiger partial charge in [-0.1, -0.05) is 5.16 Å². The highest BCUT2D eigenvalue weighted by molar-refractivity contribution is 7.13. The number of hydrogen-bond acceptors (Lipinski definition) is 6. The molecule has 0 spiro atoms. The van der Waals surface area contributed by atoms with Crippen LogP contribution >= 0.6 is 11.3 Å². The Morgan fingerprint density at radius 1 is 1.65 bits per heavy atom. The lowest BCUT2D eigenvalue weighted by Gasteiger charge is -2.22. The van der Waals surface area contributed by atoms with Gasteiger partial charge in [0.05, 0.1) is 23.9 Å². The Kier molecular flexibility index (Phi) is 3.43. The van der Waals surface area contributed by atoms with E-state index in [0.717, 1.165) is 36.5 Å². The third kappa shape index (κ3) is 2.53. The first-order valence-corrected chi connectivity index (χ1v) is 7.44. The lowest BCUT2D eigenvalue weighted by atomic mass is 10.1. The first-order chi connectivity index (χ1) is 9.63. The number of thiazole rings is 1. The van der Waals surface area contributed by atoms with Crippen LogP contribution in [0, 0.1) is 6.92 Å². The highest BCUT2D eigenvalue weighted by atomic mass is 32.1. The minimum Gasteiger partial charge on any atom is -0.375 e. The van der Waals surface area contributed by atoms with Gasteiger partial charge in [-0.3, -0.25) is 4.79 Å². The minimum absolute atomic E-state index is 0.000294. The van der Waals surface area contributed by atoms with Crippen LogP contribution in [0.1, 0.15) is 36.0 Å². The summed E-state index contributed by atoms with van der Waals surface area (Å²) in [6.45, 7) is 2.63. The number of anilines is 1. The second kappa shape index (κ2) is 5.24. The lowest BCUT2D eigenvalue weighted by Crippen LogP contribution is -2.31. The number of carbonyl (C=O) groups excluding carboxylic acids is 1. The molecule has 1 unspecified atom stereocenters. The Labute approximate surface area is 120 Å². The predicted octanol–water partition coefficient (Wildman–Crippen LogP) is 1.93. The van der Waals surface area contributed by atoms with Crippen molar-refractivity contribution < 1.29 is 9.32 Å². The van der Waals surface area contributed by atoms with Crippen LogP contribution in [0.4, 0.5) is 5.13 Å². The highest BCUT2D eigenvalue weighted by Crippen LogP contribution is 2.32. The zero-order chi connectivity index (χ0) is 14.1. The average molecular weight is 292 g/mol. The van der Waals surface area contributed by atoms with Gasteiger partial charge < -0.3 is 15.2 Å². The number of carbonyl (C=O) groups is 1. The zero-order valence-corrected chi connectivity index (χ0v) is 12.0. The summed E-state index contributed by atoms with van der Waals surface area (Å²) in [7, 11) is 0. The van der Waals surface area contributed by atoms with Crippen LogP contribution in [0.3, 0.4) is 0 Å². The number of amides is 1. The molecule has 1 amide bonds. The molecule has 3 rings (SSSR count). The molecule has 7 heteroatoms. The van der Waals surface area contributed by atoms with Crippen molar-refractivity contribution in [3.63, 3.8) is 0 Å². The van der Waals surface area contributed by atoms with E-state index in [4.69, 9.17) is 10.3 Å². The molecular formula is C13H16N4O2S. The molecule has 106 valence electrons. The molecule has 2 aromatic heterocycles. The van der Waals surface area contributed by atoms with Gasteiger partial charge in [0.2, 0.25) is 5.91 Å². The number of rotatable bonds is 3. The smallest absolute Gasteiger partial charge is 0.229 e. The van der Waals surface area contributed by atoms with E-state index in [1.807, 2.05) is 23.3 Å². The number of nitrogens with two attached hydrogens (primary N) is 1. The molecule has 0 radical (unpaired) electrons. The Morgan fingerprint density at radius 3 is 3.15 bits per heavy atom. The summed E-state index contributed by atoms with van der Waals surface area (Å²) in [5.41, 5.74) is 7.16. The molecule has 0 aliphatic carbocycles. The Bertz CT molecular complexity index is 621. The third-order valence-electron chi connectivity index (χ3n) is 3.45. The zero-order valence-electron chi connectivity index (χ0n) is 11.2. The Balaban J connectivity index is 1.73. The fourth-order valence-corrected chi connectivity index (χ4v) is 3.12. The van der Waals surface area contributed by atoms with E-state index in [1.54, 1.807) is 0 Å². The first-order valence-electron chi connectivity index (χ1n) is 6.56. The lowest BCUT2D eigenvalue weighted by molar-refractivity contribution is -0.131. The van der Waals surface area contributed by atoms with E-state index >= 15 is 0 Å². The van der Waals surface area contributed by atoms with E-state index in [9.17, 15) is 4.79 Å². The van der Waals surface area contributed by atoms with E-state index in [-0.39, 0.29) is 18.4 Å². The van der Waals surface area contributed by atoms with E-state index in [0.29, 0.717) is 5.13 Å². The summed E-state index contributed by atoms with van der Waals surface area (Å²) in [5.74, 6) is 0.831. The second-order valence-corrected chi connectivity index (χ2v) is 5.86. The number of aromatic nitrogens is 2. The molecule has 0 aromatic carbocycles. The van der Waals surface area contributed by atoms with Crippen molar-refractivity contribution in [3.05, 3.63) is 28.6 Å². The molecule has 2 N–H and O–H groups in total. The van der Waals surface area contributed by atoms with Gasteiger partial charge in [-0.25, -0.2) is 4.98 Å². The van der Waals surface area contributed by atoms with Crippen LogP contribution in [-0.2, 0) is 11.2 Å². The SMILES string of the molecule is Cc1cc(C2CCCN2C(=O)Cc2csc(N)n2)on1. The normalized spacial score (nSPS) is 18.6. The summed E-state index contributed by atoms with van der Waals surface area (Å²) in [6.07, 6.45) is 2.19. The van der Waals surface area contributed by atoms with Gasteiger partial charge in [0.15, 0.2) is 10.9 Å². The molecule has 1 saturated heterocycles. The van der Waals surface area contributed by atoms with E-state index in [2.05, 4.69) is 10.1 Å². The van der Waals surface area contributed by atoms with Crippen molar-refractivity contribution in [2.75, 3.05) is 12.3 Å². The topological polar surface area (TPSA) is 85.2 Å². The van der Waals surface area contributed by atoms with Gasteiger partial charge in [0, 0.05) is 18.0 Å². The van der Waals surface area contributed by atoms with Crippen molar-refractivity contribution in [1.29, 1.82) is 0 Å². The van der Waals surface area contributed by atoms with Crippen LogP contribution in [0.25, 0.3) is 0 Å². The summed E-state index contributed by atoms with van der Waals surface area (Å²) in [4.78, 5) is 18.4. The molecule has 3 heterocycles. The number of nitrogen functional groups attached to an aromatic ring is 1. The van der Waals surface area contributed by atoms with Crippen molar-refractivity contribution in [2.45, 2.75) is 32.2 Å². The number of aryl methyl sites for hydroxylation is 1. The van der Waals surface area contributed by atoms with Gasteiger partial charge in [-0.2, -0.15) is 0 Å². The van der Waals surface area contributed by atoms with E-state index in [1.165, 1.54) is 11.3 Å². The van der Waals surface area contributed by atoms with Gasteiger partial charge in [-0.15, -0.1) is 11.3 Å². The maximum atomic E-state index is 12.4. The van der Waals surface area contributed by atoms with Crippen LogP contribution < -0.4 is 5.73 Å². The summed E-state index contributed by atoms with van der Waals surface area (Å²) < 4.78 is 5.31. The predicted molar refractivity (Wildman–Crippen MR) is 75.2 cm³/mol. The van der Waals surface area contributed by atoms with Crippen molar-refractivity contribution >= 4 is 22.4 Å². The Morgan fingerprint density at radius 2 is 2.50 bits per heavy atom. The standard InChI is InChI=1S/C13H16N4O2S/c1-8-5-11(19-16-8)10-3-2-4-17(10)12(18)6-9-7-20-13(14)15-9/h5,7,10H,2-4,6H2,1H3,(H2,14,15). The average Bonchev–Trinajstić information content (AvgIpc) is 3.09. The van der Waals surface area contributed by atoms with Gasteiger partial charge in [0.1, 0.15) is 0 Å². The molecule has 1 aliphatic rings. The molecule has 0 bridgehead atoms. The van der Waals surface area contributed by atoms with Crippen LogP contribution in [0.5, 0.6) is 0 Å². The second-order valence-electron chi connectivity index (χ2n) is 4.97. The fourth-order valence-electron chi connectivity index (χ4n) is 2.56. The first kappa shape index (κ1) is 13.1. The molecular weight excluding hydrogens is 276 g/mol. The largest absolute Gasteiger partial charge is 0.375 e. The number of likely N-dealkylation sites (tertiary alicyclic amines) is 1. The third-order valence-corrected chi connectivity index (χ3v) is 4.17. The van der Waals surface area contributed by atoms with Crippen molar-refractivity contribution in [1.82, 2.24) is 15.0 Å². The molecule has 6 nitrogen and oxygen atoms in total. The fraction of sp³-hybridized carbons (Fsp3) is 0.462. The van der Waals surface area contributed by atoms with Gasteiger partial charge >= 0.3 is 0 Å². The maximum absolute atomic E-state index is 12.4. The quantitative estimate of drug-likeness (QED) is 0.934. The number of hydrogen-bond donors (Lipinski definition) is 1. The number of nitrogens with zero attached hydrogens (tertiary/aromatic N) is 3. The summed E-state index contributed by atoms with van der Waals surface area (Å²) >= 11 is 1.36. The van der Waals surface area contributed by atoms with Crippen molar-refractivity contribution in [3.8, 4) is 0 Å². The van der Waals surface area contributed by atoms with Crippen molar-refractivity contribution in [2.24, 2.45) is 0 Å². The van der Waals surface area contributed by atoms with Crippen LogP contribution in [0.2, 0.25) is 0 Å². The van der Waals surface area contributed by atoms with Crippen LogP contribution in [0.15, 0.2) is 16.0 Å². The Hall–Kier alpha value is -1.89. The molecule has 1 aliphatic heterocycles. The highest BCUT2D eigenvalue weighted by Gasteiger charge is 2.32. The molecule has 20 heavy (non-hydrogen) atoms. The molecule has 1 atom stereocenters. The van der Waals surface area contributed by atoms with Gasteiger partial charge in [0.25, 0.3) is 0 Å². The molecule has 1 fully saturated rings. The minimum atomic E-state index is -0.000294. The maximum Gasteiger partial charge on any atom is 0.229 e. The van der Waals surface area contributed by atoms with Crippen LogP contribution in [-0.4, -0.2) is 27.5 Å². The molecule has 0 saturated carbocycles. The molecule has 2 aromatic rings. The monoisotopic (exact) mass is 292 g/mol. The van der Waals surface area contributed by atoms with Gasteiger partial charge in [-0.05, 0) is 19.8 Å². The van der Waals surface area contributed by atoms with E-state index < -0.39 is 0 Å².